The van der Waals surface area contributed by atoms with Crippen LogP contribution in [0.5, 0.6) is 0 Å². The topological polar surface area (TPSA) is 55.1 Å². The summed E-state index contributed by atoms with van der Waals surface area (Å²) in [6.07, 6.45) is 2.44. The molecule has 0 bridgehead atoms. The Balaban J connectivity index is 3.50. The molecule has 0 aromatic rings. The van der Waals surface area contributed by atoms with Gasteiger partial charge in [-0.1, -0.05) is 13.8 Å². The SMILES string of the molecule is CC(C)C(C)NC(=O)CCCCN. The lowest BCUT2D eigenvalue weighted by atomic mass is 10.1. The molecule has 0 aromatic carbocycles. The third kappa shape index (κ3) is 6.58. The predicted octanol–water partition coefficient (Wildman–Crippen LogP) is 1.28. The average Bonchev–Trinajstić information content (AvgIpc) is 2.04. The van der Waals surface area contributed by atoms with Crippen molar-refractivity contribution in [3.8, 4) is 0 Å². The van der Waals surface area contributed by atoms with Gasteiger partial charge in [-0.05, 0) is 32.2 Å². The van der Waals surface area contributed by atoms with Crippen LogP contribution in [0.15, 0.2) is 0 Å². The first kappa shape index (κ1) is 12.4. The lowest BCUT2D eigenvalue weighted by molar-refractivity contribution is -0.122. The van der Waals surface area contributed by atoms with E-state index in [1.165, 1.54) is 0 Å². The molecule has 0 spiro atoms. The van der Waals surface area contributed by atoms with E-state index in [0.717, 1.165) is 12.8 Å². The molecule has 0 aliphatic rings. The van der Waals surface area contributed by atoms with Crippen LogP contribution in [-0.2, 0) is 4.79 Å². The summed E-state index contributed by atoms with van der Waals surface area (Å²) in [6.45, 7) is 6.91. The van der Waals surface area contributed by atoms with E-state index < -0.39 is 0 Å². The van der Waals surface area contributed by atoms with Crippen LogP contribution in [0.2, 0.25) is 0 Å². The van der Waals surface area contributed by atoms with Gasteiger partial charge >= 0.3 is 0 Å². The summed E-state index contributed by atoms with van der Waals surface area (Å²) in [6, 6.07) is 0.269. The smallest absolute Gasteiger partial charge is 0.220 e. The standard InChI is InChI=1S/C10H22N2O/c1-8(2)9(3)12-10(13)6-4-5-7-11/h8-9H,4-7,11H2,1-3H3,(H,12,13). The molecule has 0 rings (SSSR count). The molecule has 0 aromatic heterocycles. The molecule has 0 aliphatic carbocycles. The van der Waals surface area contributed by atoms with Crippen molar-refractivity contribution in [3.63, 3.8) is 0 Å². The van der Waals surface area contributed by atoms with E-state index in [1.54, 1.807) is 0 Å². The zero-order valence-corrected chi connectivity index (χ0v) is 8.97. The maximum absolute atomic E-state index is 11.3. The van der Waals surface area contributed by atoms with Crippen molar-refractivity contribution in [1.29, 1.82) is 0 Å². The Morgan fingerprint density at radius 3 is 2.38 bits per heavy atom. The minimum atomic E-state index is 0.148. The minimum absolute atomic E-state index is 0.148. The third-order valence-corrected chi connectivity index (χ3v) is 2.25. The molecule has 0 fully saturated rings. The first-order chi connectivity index (χ1) is 6.07. The van der Waals surface area contributed by atoms with Crippen LogP contribution in [0.1, 0.15) is 40.0 Å². The van der Waals surface area contributed by atoms with Crippen molar-refractivity contribution in [3.05, 3.63) is 0 Å². The van der Waals surface area contributed by atoms with Gasteiger partial charge in [0, 0.05) is 12.5 Å². The second kappa shape index (κ2) is 6.89. The van der Waals surface area contributed by atoms with Crippen molar-refractivity contribution >= 4 is 5.91 Å². The van der Waals surface area contributed by atoms with Gasteiger partial charge in [0.25, 0.3) is 0 Å². The van der Waals surface area contributed by atoms with E-state index >= 15 is 0 Å². The summed E-state index contributed by atoms with van der Waals surface area (Å²) < 4.78 is 0. The Bertz CT molecular complexity index is 146. The summed E-state index contributed by atoms with van der Waals surface area (Å²) in [7, 11) is 0. The zero-order valence-electron chi connectivity index (χ0n) is 8.97. The number of carbonyl (C=O) groups excluding carboxylic acids is 1. The summed E-state index contributed by atoms with van der Waals surface area (Å²) in [4.78, 5) is 11.3. The molecule has 0 saturated heterocycles. The summed E-state index contributed by atoms with van der Waals surface area (Å²) in [5.74, 6) is 0.646. The highest BCUT2D eigenvalue weighted by molar-refractivity contribution is 5.76. The number of hydrogen-bond acceptors (Lipinski definition) is 2. The van der Waals surface area contributed by atoms with Gasteiger partial charge in [0.2, 0.25) is 5.91 Å². The van der Waals surface area contributed by atoms with Gasteiger partial charge < -0.3 is 11.1 Å². The van der Waals surface area contributed by atoms with Crippen molar-refractivity contribution < 1.29 is 4.79 Å². The van der Waals surface area contributed by atoms with Gasteiger partial charge in [0.05, 0.1) is 0 Å². The van der Waals surface area contributed by atoms with E-state index in [-0.39, 0.29) is 11.9 Å². The Labute approximate surface area is 81.1 Å². The van der Waals surface area contributed by atoms with Crippen LogP contribution in [-0.4, -0.2) is 18.5 Å². The monoisotopic (exact) mass is 186 g/mol. The van der Waals surface area contributed by atoms with Crippen molar-refractivity contribution in [2.24, 2.45) is 11.7 Å². The lowest BCUT2D eigenvalue weighted by Gasteiger charge is -2.17. The molecule has 13 heavy (non-hydrogen) atoms. The highest BCUT2D eigenvalue weighted by Crippen LogP contribution is 2.01. The van der Waals surface area contributed by atoms with Gasteiger partial charge in [0.1, 0.15) is 0 Å². The van der Waals surface area contributed by atoms with Crippen LogP contribution in [0, 0.1) is 5.92 Å². The summed E-state index contributed by atoms with van der Waals surface area (Å²) in [5.41, 5.74) is 5.33. The summed E-state index contributed by atoms with van der Waals surface area (Å²) >= 11 is 0. The molecule has 1 amide bonds. The minimum Gasteiger partial charge on any atom is -0.353 e. The van der Waals surface area contributed by atoms with Gasteiger partial charge in [0.15, 0.2) is 0 Å². The number of nitrogens with one attached hydrogen (secondary N) is 1. The van der Waals surface area contributed by atoms with Crippen LogP contribution < -0.4 is 11.1 Å². The van der Waals surface area contributed by atoms with Crippen LogP contribution in [0.3, 0.4) is 0 Å². The largest absolute Gasteiger partial charge is 0.353 e. The molecule has 3 heteroatoms. The van der Waals surface area contributed by atoms with Crippen molar-refractivity contribution in [2.75, 3.05) is 6.54 Å². The molecule has 1 unspecified atom stereocenters. The fourth-order valence-electron chi connectivity index (χ4n) is 0.923. The van der Waals surface area contributed by atoms with E-state index in [1.807, 2.05) is 6.92 Å². The van der Waals surface area contributed by atoms with Crippen molar-refractivity contribution in [2.45, 2.75) is 46.1 Å². The number of carbonyl (C=O) groups is 1. The average molecular weight is 186 g/mol. The van der Waals surface area contributed by atoms with E-state index in [9.17, 15) is 4.79 Å². The Morgan fingerprint density at radius 2 is 1.92 bits per heavy atom. The fraction of sp³-hybridized carbons (Fsp3) is 0.900. The van der Waals surface area contributed by atoms with Crippen molar-refractivity contribution in [1.82, 2.24) is 5.32 Å². The first-order valence-corrected chi connectivity index (χ1v) is 5.07. The molecule has 0 radical (unpaired) electrons. The molecule has 3 N–H and O–H groups in total. The summed E-state index contributed by atoms with van der Waals surface area (Å²) in [5, 5.41) is 2.96. The fourth-order valence-corrected chi connectivity index (χ4v) is 0.923. The Morgan fingerprint density at radius 1 is 1.31 bits per heavy atom. The van der Waals surface area contributed by atoms with E-state index in [0.29, 0.717) is 18.9 Å². The molecular weight excluding hydrogens is 164 g/mol. The number of amides is 1. The number of unbranched alkanes of at least 4 members (excludes halogenated alkanes) is 1. The number of hydrogen-bond donors (Lipinski definition) is 2. The molecule has 0 saturated carbocycles. The highest BCUT2D eigenvalue weighted by Gasteiger charge is 2.09. The van der Waals surface area contributed by atoms with Gasteiger partial charge in [-0.15, -0.1) is 0 Å². The van der Waals surface area contributed by atoms with Crippen LogP contribution >= 0.6 is 0 Å². The van der Waals surface area contributed by atoms with Crippen LogP contribution in [0.4, 0.5) is 0 Å². The predicted molar refractivity (Wildman–Crippen MR) is 55.3 cm³/mol. The molecule has 0 aliphatic heterocycles. The van der Waals surface area contributed by atoms with Gasteiger partial charge in [-0.25, -0.2) is 0 Å². The number of nitrogens with two attached hydrogens (primary N) is 1. The highest BCUT2D eigenvalue weighted by atomic mass is 16.1. The maximum atomic E-state index is 11.3. The molecule has 1 atom stereocenters. The molecule has 0 heterocycles. The van der Waals surface area contributed by atoms with Crippen LogP contribution in [0.25, 0.3) is 0 Å². The number of rotatable bonds is 6. The molecular formula is C10H22N2O. The zero-order chi connectivity index (χ0) is 10.3. The quantitative estimate of drug-likeness (QED) is 0.614. The van der Waals surface area contributed by atoms with Gasteiger partial charge in [-0.3, -0.25) is 4.79 Å². The maximum Gasteiger partial charge on any atom is 0.220 e. The first-order valence-electron chi connectivity index (χ1n) is 5.07. The Hall–Kier alpha value is -0.570. The van der Waals surface area contributed by atoms with Gasteiger partial charge in [-0.2, -0.15) is 0 Å². The second-order valence-electron chi connectivity index (χ2n) is 3.85. The molecule has 78 valence electrons. The van der Waals surface area contributed by atoms with E-state index in [4.69, 9.17) is 5.73 Å². The Kier molecular flexibility index (Phi) is 6.59. The molecule has 3 nitrogen and oxygen atoms in total. The lowest BCUT2D eigenvalue weighted by Crippen LogP contribution is -2.35. The third-order valence-electron chi connectivity index (χ3n) is 2.25. The van der Waals surface area contributed by atoms with E-state index in [2.05, 4.69) is 19.2 Å². The normalized spacial score (nSPS) is 13.0. The second-order valence-corrected chi connectivity index (χ2v) is 3.85.